The summed E-state index contributed by atoms with van der Waals surface area (Å²) in [6, 6.07) is 0.539. The largest absolute Gasteiger partial charge is 0.327 e. The molecule has 0 saturated heterocycles. The standard InChI is InChI=1S/C12H23N/c1-3-4-5-9-6-7-10-11(13)8-12(9,10)2/h9-11H,3-8,13H2,1-2H3. The molecule has 4 atom stereocenters. The smallest absolute Gasteiger partial charge is 0.00778 e. The van der Waals surface area contributed by atoms with Gasteiger partial charge >= 0.3 is 0 Å². The molecule has 2 aliphatic rings. The van der Waals surface area contributed by atoms with Gasteiger partial charge in [0.1, 0.15) is 0 Å². The Balaban J connectivity index is 1.93. The second kappa shape index (κ2) is 3.27. The third kappa shape index (κ3) is 1.32. The van der Waals surface area contributed by atoms with Crippen LogP contribution in [-0.2, 0) is 0 Å². The molecule has 2 N–H and O–H groups in total. The molecule has 0 amide bonds. The average Bonchev–Trinajstić information content (AvgIpc) is 2.34. The SMILES string of the molecule is CCCCC1CCC2C(N)CC12C. The summed E-state index contributed by atoms with van der Waals surface area (Å²) < 4.78 is 0. The van der Waals surface area contributed by atoms with E-state index in [1.165, 1.54) is 38.5 Å². The lowest BCUT2D eigenvalue weighted by molar-refractivity contribution is 0.0114. The van der Waals surface area contributed by atoms with E-state index in [4.69, 9.17) is 5.73 Å². The van der Waals surface area contributed by atoms with Crippen LogP contribution in [0.15, 0.2) is 0 Å². The number of unbranched alkanes of at least 4 members (excludes halogenated alkanes) is 1. The van der Waals surface area contributed by atoms with E-state index >= 15 is 0 Å². The van der Waals surface area contributed by atoms with Gasteiger partial charge in [-0.3, -0.25) is 0 Å². The predicted octanol–water partition coefficient (Wildman–Crippen LogP) is 2.94. The minimum absolute atomic E-state index is 0.539. The fraction of sp³-hybridized carbons (Fsp3) is 1.00. The Morgan fingerprint density at radius 1 is 1.38 bits per heavy atom. The zero-order valence-corrected chi connectivity index (χ0v) is 9.05. The molecule has 0 radical (unpaired) electrons. The lowest BCUT2D eigenvalue weighted by atomic mass is 9.56. The highest BCUT2D eigenvalue weighted by Crippen LogP contribution is 2.60. The first kappa shape index (κ1) is 9.51. The van der Waals surface area contributed by atoms with Crippen molar-refractivity contribution in [2.24, 2.45) is 23.0 Å². The average molecular weight is 181 g/mol. The zero-order chi connectivity index (χ0) is 9.47. The van der Waals surface area contributed by atoms with Gasteiger partial charge in [-0.2, -0.15) is 0 Å². The van der Waals surface area contributed by atoms with Crippen LogP contribution in [0.1, 0.15) is 52.4 Å². The van der Waals surface area contributed by atoms with E-state index in [2.05, 4.69) is 13.8 Å². The van der Waals surface area contributed by atoms with Crippen LogP contribution in [0.3, 0.4) is 0 Å². The third-order valence-electron chi connectivity index (χ3n) is 4.70. The van der Waals surface area contributed by atoms with Gasteiger partial charge in [0.15, 0.2) is 0 Å². The van der Waals surface area contributed by atoms with Crippen LogP contribution in [0.4, 0.5) is 0 Å². The molecule has 1 nitrogen and oxygen atoms in total. The van der Waals surface area contributed by atoms with Crippen LogP contribution in [0.25, 0.3) is 0 Å². The van der Waals surface area contributed by atoms with Gasteiger partial charge in [0, 0.05) is 6.04 Å². The highest BCUT2D eigenvalue weighted by molar-refractivity contribution is 5.08. The summed E-state index contributed by atoms with van der Waals surface area (Å²) in [5.41, 5.74) is 6.69. The van der Waals surface area contributed by atoms with E-state index in [9.17, 15) is 0 Å². The van der Waals surface area contributed by atoms with Gasteiger partial charge in [0.25, 0.3) is 0 Å². The zero-order valence-electron chi connectivity index (χ0n) is 9.05. The van der Waals surface area contributed by atoms with Crippen molar-refractivity contribution in [2.45, 2.75) is 58.4 Å². The van der Waals surface area contributed by atoms with E-state index < -0.39 is 0 Å². The fourth-order valence-corrected chi connectivity index (χ4v) is 3.78. The molecule has 0 aromatic rings. The van der Waals surface area contributed by atoms with Gasteiger partial charge < -0.3 is 5.73 Å². The number of fused-ring (bicyclic) bond motifs is 1. The summed E-state index contributed by atoms with van der Waals surface area (Å²) in [5, 5.41) is 0. The van der Waals surface area contributed by atoms with Gasteiger partial charge in [0.05, 0.1) is 0 Å². The molecule has 0 aromatic heterocycles. The summed E-state index contributed by atoms with van der Waals surface area (Å²) in [5.74, 6) is 1.87. The van der Waals surface area contributed by atoms with Crippen molar-refractivity contribution in [3.8, 4) is 0 Å². The normalized spacial score (nSPS) is 48.7. The first-order valence-corrected chi connectivity index (χ1v) is 5.94. The van der Waals surface area contributed by atoms with Gasteiger partial charge in [-0.25, -0.2) is 0 Å². The van der Waals surface area contributed by atoms with E-state index in [-0.39, 0.29) is 0 Å². The molecule has 13 heavy (non-hydrogen) atoms. The quantitative estimate of drug-likeness (QED) is 0.711. The van der Waals surface area contributed by atoms with Crippen LogP contribution in [0.2, 0.25) is 0 Å². The Bertz CT molecular complexity index is 190. The van der Waals surface area contributed by atoms with Crippen LogP contribution in [0.5, 0.6) is 0 Å². The Morgan fingerprint density at radius 2 is 2.15 bits per heavy atom. The highest BCUT2D eigenvalue weighted by Gasteiger charge is 2.56. The minimum atomic E-state index is 0.539. The second-order valence-electron chi connectivity index (χ2n) is 5.40. The molecule has 0 aromatic carbocycles. The molecular formula is C12H23N. The maximum Gasteiger partial charge on any atom is 0.00778 e. The highest BCUT2D eigenvalue weighted by atomic mass is 14.8. The lowest BCUT2D eigenvalue weighted by Gasteiger charge is -2.51. The van der Waals surface area contributed by atoms with Crippen molar-refractivity contribution in [3.05, 3.63) is 0 Å². The Morgan fingerprint density at radius 3 is 2.69 bits per heavy atom. The van der Waals surface area contributed by atoms with E-state index in [0.717, 1.165) is 11.8 Å². The number of nitrogens with two attached hydrogens (primary N) is 1. The Kier molecular flexibility index (Phi) is 2.39. The number of hydrogen-bond donors (Lipinski definition) is 1. The molecule has 2 aliphatic carbocycles. The Labute approximate surface area is 82.1 Å². The van der Waals surface area contributed by atoms with Gasteiger partial charge in [-0.15, -0.1) is 0 Å². The number of hydrogen-bond acceptors (Lipinski definition) is 1. The predicted molar refractivity (Wildman–Crippen MR) is 56.4 cm³/mol. The summed E-state index contributed by atoms with van der Waals surface area (Å²) in [7, 11) is 0. The summed E-state index contributed by atoms with van der Waals surface area (Å²) in [6.07, 6.45) is 8.38. The van der Waals surface area contributed by atoms with Crippen molar-refractivity contribution < 1.29 is 0 Å². The van der Waals surface area contributed by atoms with Crippen molar-refractivity contribution in [1.29, 1.82) is 0 Å². The maximum absolute atomic E-state index is 6.04. The topological polar surface area (TPSA) is 26.0 Å². The van der Waals surface area contributed by atoms with Gasteiger partial charge in [-0.1, -0.05) is 26.7 Å². The second-order valence-corrected chi connectivity index (χ2v) is 5.40. The fourth-order valence-electron chi connectivity index (χ4n) is 3.78. The molecule has 0 heterocycles. The first-order chi connectivity index (χ1) is 6.18. The first-order valence-electron chi connectivity index (χ1n) is 5.94. The lowest BCUT2D eigenvalue weighted by Crippen LogP contribution is -2.53. The van der Waals surface area contributed by atoms with Crippen LogP contribution in [-0.4, -0.2) is 6.04 Å². The molecular weight excluding hydrogens is 158 g/mol. The molecule has 2 saturated carbocycles. The van der Waals surface area contributed by atoms with Gasteiger partial charge in [0.2, 0.25) is 0 Å². The number of rotatable bonds is 3. The molecule has 76 valence electrons. The van der Waals surface area contributed by atoms with E-state index in [1.807, 2.05) is 0 Å². The maximum atomic E-state index is 6.04. The molecule has 2 fully saturated rings. The van der Waals surface area contributed by atoms with Crippen molar-refractivity contribution in [3.63, 3.8) is 0 Å². The molecule has 0 aliphatic heterocycles. The summed E-state index contributed by atoms with van der Waals surface area (Å²) in [6.45, 7) is 4.77. The Hall–Kier alpha value is -0.0400. The minimum Gasteiger partial charge on any atom is -0.327 e. The monoisotopic (exact) mass is 181 g/mol. The molecule has 0 bridgehead atoms. The van der Waals surface area contributed by atoms with Crippen LogP contribution in [0, 0.1) is 17.3 Å². The summed E-state index contributed by atoms with van der Waals surface area (Å²) in [4.78, 5) is 0. The van der Waals surface area contributed by atoms with Crippen molar-refractivity contribution >= 4 is 0 Å². The van der Waals surface area contributed by atoms with E-state index in [1.54, 1.807) is 0 Å². The van der Waals surface area contributed by atoms with Crippen LogP contribution >= 0.6 is 0 Å². The van der Waals surface area contributed by atoms with Crippen molar-refractivity contribution in [1.82, 2.24) is 0 Å². The molecule has 4 unspecified atom stereocenters. The summed E-state index contributed by atoms with van der Waals surface area (Å²) >= 11 is 0. The molecule has 2 rings (SSSR count). The van der Waals surface area contributed by atoms with Crippen molar-refractivity contribution in [2.75, 3.05) is 0 Å². The molecule has 0 spiro atoms. The van der Waals surface area contributed by atoms with Crippen LogP contribution < -0.4 is 5.73 Å². The molecule has 1 heteroatoms. The third-order valence-corrected chi connectivity index (χ3v) is 4.70. The van der Waals surface area contributed by atoms with Gasteiger partial charge in [-0.05, 0) is 42.9 Å². The van der Waals surface area contributed by atoms with E-state index in [0.29, 0.717) is 11.5 Å².